The highest BCUT2D eigenvalue weighted by Gasteiger charge is 2.37. The van der Waals surface area contributed by atoms with Gasteiger partial charge in [0.25, 0.3) is 0 Å². The van der Waals surface area contributed by atoms with Crippen LogP contribution in [0.2, 0.25) is 0 Å². The van der Waals surface area contributed by atoms with Crippen molar-refractivity contribution in [3.63, 3.8) is 0 Å². The van der Waals surface area contributed by atoms with Gasteiger partial charge in [-0.25, -0.2) is 0 Å². The van der Waals surface area contributed by atoms with Crippen LogP contribution in [0.15, 0.2) is 0 Å². The molecule has 2 nitrogen and oxygen atoms in total. The Hall–Kier alpha value is -0.370. The molecule has 0 saturated heterocycles. The minimum absolute atomic E-state index is 0.175. The van der Waals surface area contributed by atoms with Gasteiger partial charge in [0.05, 0.1) is 0 Å². The molecular weight excluding hydrogens is 140 g/mol. The quantitative estimate of drug-likeness (QED) is 0.653. The molecule has 0 aromatic heterocycles. The van der Waals surface area contributed by atoms with Crippen molar-refractivity contribution in [3.05, 3.63) is 0 Å². The Morgan fingerprint density at radius 2 is 2.27 bits per heavy atom. The number of carbonyl (C=O) groups is 1. The molecule has 11 heavy (non-hydrogen) atoms. The first-order chi connectivity index (χ1) is 5.20. The van der Waals surface area contributed by atoms with Gasteiger partial charge in [-0.05, 0) is 11.8 Å². The smallest absolute Gasteiger partial charge is 0.136 e. The molecule has 3 atom stereocenters. The summed E-state index contributed by atoms with van der Waals surface area (Å²) in [5.41, 5.74) is 0. The first kappa shape index (κ1) is 8.72. The van der Waals surface area contributed by atoms with Gasteiger partial charge in [-0.2, -0.15) is 0 Å². The second kappa shape index (κ2) is 3.35. The summed E-state index contributed by atoms with van der Waals surface area (Å²) in [6, 6.07) is 0. The fourth-order valence-corrected chi connectivity index (χ4v) is 2.13. The van der Waals surface area contributed by atoms with Gasteiger partial charge in [-0.15, -0.1) is 0 Å². The number of Topliss-reactive ketones (excluding diaryl/α,β-unsaturated/α-hetero) is 1. The van der Waals surface area contributed by atoms with E-state index in [2.05, 4.69) is 6.92 Å². The molecule has 1 rings (SSSR count). The minimum Gasteiger partial charge on any atom is -0.396 e. The van der Waals surface area contributed by atoms with Crippen molar-refractivity contribution in [1.29, 1.82) is 0 Å². The fourth-order valence-electron chi connectivity index (χ4n) is 2.13. The number of aliphatic hydroxyl groups excluding tert-OH is 1. The second-order valence-corrected chi connectivity index (χ2v) is 3.47. The summed E-state index contributed by atoms with van der Waals surface area (Å²) in [5.74, 6) is 1.17. The molecule has 1 aliphatic rings. The van der Waals surface area contributed by atoms with Crippen LogP contribution >= 0.6 is 0 Å². The maximum absolute atomic E-state index is 11.2. The Morgan fingerprint density at radius 3 is 2.64 bits per heavy atom. The van der Waals surface area contributed by atoms with E-state index < -0.39 is 0 Å². The van der Waals surface area contributed by atoms with E-state index in [1.807, 2.05) is 6.92 Å². The van der Waals surface area contributed by atoms with E-state index in [1.165, 1.54) is 0 Å². The molecule has 0 aliphatic heterocycles. The molecule has 0 aromatic carbocycles. The summed E-state index contributed by atoms with van der Waals surface area (Å²) in [7, 11) is 0. The molecule has 1 saturated carbocycles. The SMILES string of the molecule is CCC1C(C)C(=O)C[C@H]1CO. The van der Waals surface area contributed by atoms with E-state index in [0.29, 0.717) is 18.1 Å². The summed E-state index contributed by atoms with van der Waals surface area (Å²) in [5, 5.41) is 8.95. The highest BCUT2D eigenvalue weighted by Crippen LogP contribution is 2.35. The number of hydrogen-bond donors (Lipinski definition) is 1. The first-order valence-electron chi connectivity index (χ1n) is 4.34. The van der Waals surface area contributed by atoms with Gasteiger partial charge in [0, 0.05) is 18.9 Å². The number of ketones is 1. The Morgan fingerprint density at radius 1 is 1.64 bits per heavy atom. The molecule has 0 heterocycles. The van der Waals surface area contributed by atoms with Crippen molar-refractivity contribution in [2.24, 2.45) is 17.8 Å². The summed E-state index contributed by atoms with van der Waals surface area (Å²) in [4.78, 5) is 11.2. The zero-order valence-electron chi connectivity index (χ0n) is 7.21. The van der Waals surface area contributed by atoms with Crippen LogP contribution in [-0.4, -0.2) is 17.5 Å². The van der Waals surface area contributed by atoms with Crippen molar-refractivity contribution in [1.82, 2.24) is 0 Å². The molecule has 0 spiro atoms. The molecule has 1 N–H and O–H groups in total. The van der Waals surface area contributed by atoms with Gasteiger partial charge in [-0.1, -0.05) is 20.3 Å². The molecular formula is C9H16O2. The standard InChI is InChI=1S/C9H16O2/c1-3-8-6(2)9(11)4-7(8)5-10/h6-8,10H,3-5H2,1-2H3/t6?,7-,8?/m0/s1. The maximum atomic E-state index is 11.2. The Bertz CT molecular complexity index is 154. The van der Waals surface area contributed by atoms with E-state index >= 15 is 0 Å². The Balaban J connectivity index is 2.64. The van der Waals surface area contributed by atoms with Crippen molar-refractivity contribution >= 4 is 5.78 Å². The van der Waals surface area contributed by atoms with Gasteiger partial charge in [0.15, 0.2) is 0 Å². The first-order valence-corrected chi connectivity index (χ1v) is 4.34. The molecule has 0 aromatic rings. The zero-order valence-corrected chi connectivity index (χ0v) is 7.21. The summed E-state index contributed by atoms with van der Waals surface area (Å²) >= 11 is 0. The third-order valence-electron chi connectivity index (χ3n) is 2.92. The van der Waals surface area contributed by atoms with Crippen molar-refractivity contribution in [2.45, 2.75) is 26.7 Å². The maximum Gasteiger partial charge on any atom is 0.136 e. The highest BCUT2D eigenvalue weighted by molar-refractivity contribution is 5.83. The van der Waals surface area contributed by atoms with Crippen LogP contribution in [0.4, 0.5) is 0 Å². The van der Waals surface area contributed by atoms with Gasteiger partial charge in [0.1, 0.15) is 5.78 Å². The largest absolute Gasteiger partial charge is 0.396 e. The predicted molar refractivity (Wildman–Crippen MR) is 43.1 cm³/mol. The van der Waals surface area contributed by atoms with Crippen LogP contribution in [0.5, 0.6) is 0 Å². The monoisotopic (exact) mass is 156 g/mol. The van der Waals surface area contributed by atoms with E-state index in [1.54, 1.807) is 0 Å². The van der Waals surface area contributed by atoms with Crippen LogP contribution in [0.3, 0.4) is 0 Å². The topological polar surface area (TPSA) is 37.3 Å². The third kappa shape index (κ3) is 1.45. The third-order valence-corrected chi connectivity index (χ3v) is 2.92. The van der Waals surface area contributed by atoms with Crippen LogP contribution < -0.4 is 0 Å². The lowest BCUT2D eigenvalue weighted by molar-refractivity contribution is -0.120. The number of carbonyl (C=O) groups excluding carboxylic acids is 1. The van der Waals surface area contributed by atoms with E-state index in [0.717, 1.165) is 6.42 Å². The lowest BCUT2D eigenvalue weighted by Crippen LogP contribution is -2.16. The summed E-state index contributed by atoms with van der Waals surface area (Å²) in [6.07, 6.45) is 1.61. The molecule has 64 valence electrons. The normalized spacial score (nSPS) is 38.1. The van der Waals surface area contributed by atoms with Crippen LogP contribution in [0.25, 0.3) is 0 Å². The zero-order chi connectivity index (χ0) is 8.43. The van der Waals surface area contributed by atoms with E-state index in [4.69, 9.17) is 5.11 Å². The molecule has 1 fully saturated rings. The average Bonchev–Trinajstić information content (AvgIpc) is 2.28. The average molecular weight is 156 g/mol. The Kier molecular flexibility index (Phi) is 2.66. The summed E-state index contributed by atoms with van der Waals surface area (Å²) < 4.78 is 0. The Labute approximate surface area is 67.6 Å². The fraction of sp³-hybridized carbons (Fsp3) is 0.889. The van der Waals surface area contributed by atoms with Crippen molar-refractivity contribution < 1.29 is 9.90 Å². The predicted octanol–water partition coefficient (Wildman–Crippen LogP) is 1.23. The highest BCUT2D eigenvalue weighted by atomic mass is 16.3. The summed E-state index contributed by atoms with van der Waals surface area (Å²) in [6.45, 7) is 4.24. The molecule has 0 bridgehead atoms. The molecule has 2 heteroatoms. The molecule has 0 radical (unpaired) electrons. The van der Waals surface area contributed by atoms with Gasteiger partial charge >= 0.3 is 0 Å². The minimum atomic E-state index is 0.175. The number of hydrogen-bond acceptors (Lipinski definition) is 2. The lowest BCUT2D eigenvalue weighted by atomic mass is 9.89. The van der Waals surface area contributed by atoms with Crippen molar-refractivity contribution in [3.8, 4) is 0 Å². The number of aliphatic hydroxyl groups is 1. The van der Waals surface area contributed by atoms with E-state index in [9.17, 15) is 4.79 Å². The van der Waals surface area contributed by atoms with Crippen LogP contribution in [-0.2, 0) is 4.79 Å². The molecule has 0 amide bonds. The van der Waals surface area contributed by atoms with Gasteiger partial charge < -0.3 is 5.11 Å². The van der Waals surface area contributed by atoms with Crippen LogP contribution in [0, 0.1) is 17.8 Å². The van der Waals surface area contributed by atoms with Gasteiger partial charge in [-0.3, -0.25) is 4.79 Å². The van der Waals surface area contributed by atoms with Crippen LogP contribution in [0.1, 0.15) is 26.7 Å². The molecule has 1 aliphatic carbocycles. The van der Waals surface area contributed by atoms with Crippen molar-refractivity contribution in [2.75, 3.05) is 6.61 Å². The van der Waals surface area contributed by atoms with E-state index in [-0.39, 0.29) is 18.4 Å². The van der Waals surface area contributed by atoms with Gasteiger partial charge in [0.2, 0.25) is 0 Å². The molecule has 2 unspecified atom stereocenters. The second-order valence-electron chi connectivity index (χ2n) is 3.47. The number of rotatable bonds is 2. The lowest BCUT2D eigenvalue weighted by Gasteiger charge is -2.17.